The normalized spacial score (nSPS) is 13.7. The van der Waals surface area contributed by atoms with Crippen LogP contribution in [0.1, 0.15) is 11.1 Å². The number of thiocarbonyl (C=S) groups is 1. The summed E-state index contributed by atoms with van der Waals surface area (Å²) >= 11 is 5.74. The van der Waals surface area contributed by atoms with Gasteiger partial charge in [-0.2, -0.15) is 0 Å². The molecule has 1 heterocycles. The van der Waals surface area contributed by atoms with Crippen LogP contribution in [0.2, 0.25) is 0 Å². The largest absolute Gasteiger partial charge is 0.497 e. The van der Waals surface area contributed by atoms with Gasteiger partial charge in [0, 0.05) is 37.4 Å². The zero-order valence-electron chi connectivity index (χ0n) is 17.5. The number of methoxy groups -OCH3 is 1. The summed E-state index contributed by atoms with van der Waals surface area (Å²) in [5, 5.41) is 0. The quantitative estimate of drug-likeness (QED) is 0.511. The predicted molar refractivity (Wildman–Crippen MR) is 126 cm³/mol. The maximum absolute atomic E-state index is 13.0. The molecule has 1 fully saturated rings. The number of anilines is 1. The van der Waals surface area contributed by atoms with Gasteiger partial charge in [0.15, 0.2) is 0 Å². The van der Waals surface area contributed by atoms with Crippen molar-refractivity contribution in [3.05, 3.63) is 89.7 Å². The minimum absolute atomic E-state index is 0.244. The lowest BCUT2D eigenvalue weighted by atomic mass is 10.1. The molecule has 0 radical (unpaired) electrons. The van der Waals surface area contributed by atoms with Crippen molar-refractivity contribution in [2.24, 2.45) is 0 Å². The van der Waals surface area contributed by atoms with Crippen molar-refractivity contribution in [2.45, 2.75) is 6.61 Å². The highest BCUT2D eigenvalue weighted by atomic mass is 32.1. The maximum Gasteiger partial charge on any atom is 0.123 e. The zero-order valence-corrected chi connectivity index (χ0v) is 18.3. The second-order valence-corrected chi connectivity index (χ2v) is 7.80. The van der Waals surface area contributed by atoms with Crippen molar-refractivity contribution in [1.82, 2.24) is 4.90 Å². The third kappa shape index (κ3) is 5.33. The summed E-state index contributed by atoms with van der Waals surface area (Å²) in [6.45, 7) is 4.01. The molecule has 3 aromatic carbocycles. The summed E-state index contributed by atoms with van der Waals surface area (Å²) in [5.41, 5.74) is 3.15. The molecular weight excluding hydrogens is 411 g/mol. The van der Waals surface area contributed by atoms with Crippen molar-refractivity contribution in [1.29, 1.82) is 0 Å². The molecule has 0 aromatic heterocycles. The first-order valence-corrected chi connectivity index (χ1v) is 10.7. The fraction of sp³-hybridized carbons (Fsp3) is 0.240. The zero-order chi connectivity index (χ0) is 21.6. The van der Waals surface area contributed by atoms with Crippen molar-refractivity contribution in [3.8, 4) is 11.5 Å². The van der Waals surface area contributed by atoms with Crippen LogP contribution in [0.15, 0.2) is 72.8 Å². The lowest BCUT2D eigenvalue weighted by Gasteiger charge is -2.37. The number of hydrogen-bond acceptors (Lipinski definition) is 4. The van der Waals surface area contributed by atoms with E-state index >= 15 is 0 Å². The van der Waals surface area contributed by atoms with Crippen LogP contribution in [0.3, 0.4) is 0 Å². The molecule has 4 rings (SSSR count). The Labute approximate surface area is 187 Å². The second-order valence-electron chi connectivity index (χ2n) is 7.42. The lowest BCUT2D eigenvalue weighted by Crippen LogP contribution is -2.48. The number of ether oxygens (including phenoxy) is 2. The highest BCUT2D eigenvalue weighted by Crippen LogP contribution is 2.22. The van der Waals surface area contributed by atoms with Crippen LogP contribution >= 0.6 is 12.2 Å². The molecule has 1 saturated heterocycles. The molecule has 0 aliphatic carbocycles. The minimum atomic E-state index is -0.244. The summed E-state index contributed by atoms with van der Waals surface area (Å²) < 4.78 is 24.0. The average Bonchev–Trinajstić information content (AvgIpc) is 2.84. The van der Waals surface area contributed by atoms with Crippen LogP contribution < -0.4 is 14.4 Å². The van der Waals surface area contributed by atoms with Crippen molar-refractivity contribution < 1.29 is 13.9 Å². The fourth-order valence-electron chi connectivity index (χ4n) is 3.58. The Morgan fingerprint density at radius 3 is 2.06 bits per heavy atom. The van der Waals surface area contributed by atoms with Gasteiger partial charge in [-0.1, -0.05) is 24.4 Å². The van der Waals surface area contributed by atoms with E-state index in [0.29, 0.717) is 6.61 Å². The molecule has 0 unspecified atom stereocenters. The third-order valence-electron chi connectivity index (χ3n) is 5.42. The van der Waals surface area contributed by atoms with Crippen molar-refractivity contribution in [3.63, 3.8) is 0 Å². The number of hydrogen-bond donors (Lipinski definition) is 0. The Kier molecular flexibility index (Phi) is 6.67. The van der Waals surface area contributed by atoms with Gasteiger partial charge in [0.1, 0.15) is 28.9 Å². The van der Waals surface area contributed by atoms with E-state index in [0.717, 1.165) is 53.8 Å². The molecule has 160 valence electrons. The number of halogens is 1. The molecule has 0 bridgehead atoms. The number of nitrogens with zero attached hydrogens (tertiary/aromatic N) is 2. The molecule has 6 heteroatoms. The summed E-state index contributed by atoms with van der Waals surface area (Å²) in [6.07, 6.45) is 0. The van der Waals surface area contributed by atoms with E-state index in [4.69, 9.17) is 21.7 Å². The predicted octanol–water partition coefficient (Wildman–Crippen LogP) is 4.91. The molecule has 1 aliphatic rings. The van der Waals surface area contributed by atoms with E-state index in [9.17, 15) is 4.39 Å². The Balaban J connectivity index is 1.29. The molecule has 31 heavy (non-hydrogen) atoms. The first kappa shape index (κ1) is 21.1. The molecule has 3 aromatic rings. The highest BCUT2D eigenvalue weighted by molar-refractivity contribution is 7.80. The lowest BCUT2D eigenvalue weighted by molar-refractivity contribution is 0.306. The van der Waals surface area contributed by atoms with Gasteiger partial charge < -0.3 is 19.3 Å². The van der Waals surface area contributed by atoms with E-state index in [2.05, 4.69) is 21.9 Å². The van der Waals surface area contributed by atoms with Gasteiger partial charge >= 0.3 is 0 Å². The number of piperazine rings is 1. The molecule has 0 spiro atoms. The van der Waals surface area contributed by atoms with Crippen molar-refractivity contribution in [2.75, 3.05) is 38.2 Å². The third-order valence-corrected chi connectivity index (χ3v) is 5.92. The van der Waals surface area contributed by atoms with Gasteiger partial charge in [-0.3, -0.25) is 0 Å². The smallest absolute Gasteiger partial charge is 0.123 e. The molecule has 1 aliphatic heterocycles. The number of benzene rings is 3. The maximum atomic E-state index is 13.0. The van der Waals surface area contributed by atoms with E-state index < -0.39 is 0 Å². The fourth-order valence-corrected chi connectivity index (χ4v) is 3.90. The first-order valence-electron chi connectivity index (χ1n) is 10.3. The monoisotopic (exact) mass is 436 g/mol. The summed E-state index contributed by atoms with van der Waals surface area (Å²) in [5.74, 6) is 1.39. The molecule has 4 nitrogen and oxygen atoms in total. The van der Waals surface area contributed by atoms with E-state index in [1.54, 1.807) is 19.2 Å². The summed E-state index contributed by atoms with van der Waals surface area (Å²) in [7, 11) is 1.68. The minimum Gasteiger partial charge on any atom is -0.497 e. The Hall–Kier alpha value is -3.12. The van der Waals surface area contributed by atoms with Crippen LogP contribution in [-0.2, 0) is 6.61 Å². The Morgan fingerprint density at radius 1 is 0.839 bits per heavy atom. The van der Waals surface area contributed by atoms with E-state index in [-0.39, 0.29) is 5.82 Å². The SMILES string of the molecule is COc1ccc(N2CCN(C(=S)c3ccc(OCc4ccc(F)cc4)cc3)CC2)cc1. The van der Waals surface area contributed by atoms with Gasteiger partial charge in [0.25, 0.3) is 0 Å². The van der Waals surface area contributed by atoms with Crippen LogP contribution in [0.25, 0.3) is 0 Å². The topological polar surface area (TPSA) is 24.9 Å². The van der Waals surface area contributed by atoms with Gasteiger partial charge in [0.05, 0.1) is 7.11 Å². The van der Waals surface area contributed by atoms with Gasteiger partial charge in [-0.05, 0) is 66.2 Å². The van der Waals surface area contributed by atoms with Crippen LogP contribution in [0.5, 0.6) is 11.5 Å². The van der Waals surface area contributed by atoms with Crippen molar-refractivity contribution >= 4 is 22.9 Å². The standard InChI is InChI=1S/C25H25FN2O2S/c1-29-23-12-8-22(9-13-23)27-14-16-28(17-15-27)25(31)20-4-10-24(11-5-20)30-18-19-2-6-21(26)7-3-19/h2-13H,14-18H2,1H3. The molecule has 0 atom stereocenters. The van der Waals surface area contributed by atoms with Gasteiger partial charge in [-0.25, -0.2) is 4.39 Å². The van der Waals surface area contributed by atoms with Gasteiger partial charge in [0.2, 0.25) is 0 Å². The van der Waals surface area contributed by atoms with E-state index in [1.807, 2.05) is 36.4 Å². The van der Waals surface area contributed by atoms with E-state index in [1.165, 1.54) is 17.8 Å². The van der Waals surface area contributed by atoms with Crippen LogP contribution in [0.4, 0.5) is 10.1 Å². The molecular formula is C25H25FN2O2S. The Morgan fingerprint density at radius 2 is 1.45 bits per heavy atom. The van der Waals surface area contributed by atoms with Crippen LogP contribution in [0, 0.1) is 5.82 Å². The highest BCUT2D eigenvalue weighted by Gasteiger charge is 2.20. The first-order chi connectivity index (χ1) is 15.1. The number of rotatable bonds is 6. The summed E-state index contributed by atoms with van der Waals surface area (Å²) in [6, 6.07) is 22.4. The van der Waals surface area contributed by atoms with Gasteiger partial charge in [-0.15, -0.1) is 0 Å². The average molecular weight is 437 g/mol. The molecule has 0 N–H and O–H groups in total. The Bertz CT molecular complexity index is 999. The molecule has 0 amide bonds. The molecule has 0 saturated carbocycles. The van der Waals surface area contributed by atoms with Crippen LogP contribution in [-0.4, -0.2) is 43.2 Å². The summed E-state index contributed by atoms with van der Waals surface area (Å²) in [4.78, 5) is 5.48. The second kappa shape index (κ2) is 9.79.